The van der Waals surface area contributed by atoms with Gasteiger partial charge in [-0.05, 0) is 6.42 Å². The molecule has 0 bridgehead atoms. The Balaban J connectivity index is 0.000000264. The van der Waals surface area contributed by atoms with Crippen molar-refractivity contribution in [1.82, 2.24) is 0 Å². The molecular weight excluding hydrogens is 534 g/mol. The predicted molar refractivity (Wildman–Crippen MR) is 130 cm³/mol. The van der Waals surface area contributed by atoms with Gasteiger partial charge in [0.15, 0.2) is 0 Å². The number of fused-ring (bicyclic) bond motifs is 3. The average Bonchev–Trinajstić information content (AvgIpc) is 3.53. The minimum Gasteiger partial charge on any atom is -1.00 e. The van der Waals surface area contributed by atoms with Crippen LogP contribution in [-0.4, -0.2) is 0 Å². The summed E-state index contributed by atoms with van der Waals surface area (Å²) in [5.74, 6) is 0. The molecule has 0 amide bonds. The molecule has 3 heteroatoms. The van der Waals surface area contributed by atoms with Crippen LogP contribution in [0, 0.1) is 18.6 Å². The van der Waals surface area contributed by atoms with Crippen LogP contribution in [0.4, 0.5) is 0 Å². The summed E-state index contributed by atoms with van der Waals surface area (Å²) in [4.78, 5) is 0. The molecule has 34 heavy (non-hydrogen) atoms. The number of rotatable bonds is 2. The maximum absolute atomic E-state index is 3.30. The van der Waals surface area contributed by atoms with Gasteiger partial charge in [0.1, 0.15) is 0 Å². The number of allylic oxidation sites excluding steroid dienone is 4. The molecule has 2 aliphatic carbocycles. The van der Waals surface area contributed by atoms with Crippen molar-refractivity contribution in [2.45, 2.75) is 12.8 Å². The first-order valence-electron chi connectivity index (χ1n) is 10.6. The Morgan fingerprint density at radius 3 is 1.79 bits per heavy atom. The van der Waals surface area contributed by atoms with Crippen molar-refractivity contribution in [3.8, 4) is 11.1 Å². The second-order valence-corrected chi connectivity index (χ2v) is 7.37. The van der Waals surface area contributed by atoms with E-state index in [4.69, 9.17) is 0 Å². The summed E-state index contributed by atoms with van der Waals surface area (Å²) in [6.45, 7) is 0. The van der Waals surface area contributed by atoms with Gasteiger partial charge in [-0.25, -0.2) is 12.2 Å². The Morgan fingerprint density at radius 2 is 1.24 bits per heavy atom. The Kier molecular flexibility index (Phi) is 14.3. The number of benzene rings is 4. The van der Waals surface area contributed by atoms with E-state index in [1.165, 1.54) is 33.4 Å². The van der Waals surface area contributed by atoms with Gasteiger partial charge in [-0.15, -0.1) is 53.8 Å². The molecule has 0 unspecified atom stereocenters. The third-order valence-electron chi connectivity index (χ3n) is 5.13. The van der Waals surface area contributed by atoms with Crippen LogP contribution in [0.25, 0.3) is 11.1 Å². The summed E-state index contributed by atoms with van der Waals surface area (Å²) < 4.78 is 0. The van der Waals surface area contributed by atoms with Gasteiger partial charge in [0.25, 0.3) is 0 Å². The minimum absolute atomic E-state index is 0. The molecule has 0 N–H and O–H groups in total. The largest absolute Gasteiger partial charge is 2.00 e. The quantitative estimate of drug-likeness (QED) is 0.289. The standard InChI is InChI=1S/C13H9.C13H11.C5H5.2ClH.Zr/c1-3-7-12-10(5-1)9-11-6-2-4-8-13(11)12;1-3-7-12(8-4-1)11-13-9-5-2-6-10-13;1-2-4-5-3-1;;;/h1-5,7-8H,9H2;1-11H;1-3H,4H2;2*1H;/q3*-1;;;+2/p-2. The molecule has 170 valence electrons. The van der Waals surface area contributed by atoms with Gasteiger partial charge in [-0.2, -0.15) is 35.9 Å². The predicted octanol–water partition coefficient (Wildman–Crippen LogP) is 1.66. The molecule has 0 saturated carbocycles. The topological polar surface area (TPSA) is 0 Å². The first-order valence-corrected chi connectivity index (χ1v) is 10.6. The molecule has 0 spiro atoms. The Morgan fingerprint density at radius 1 is 0.647 bits per heavy atom. The minimum atomic E-state index is 0. The summed E-state index contributed by atoms with van der Waals surface area (Å²) in [5, 5.41) is 0. The zero-order valence-corrected chi connectivity index (χ0v) is 22.8. The zero-order chi connectivity index (χ0) is 21.1. The third-order valence-corrected chi connectivity index (χ3v) is 5.13. The van der Waals surface area contributed by atoms with Crippen molar-refractivity contribution in [1.29, 1.82) is 0 Å². The van der Waals surface area contributed by atoms with Crippen LogP contribution < -0.4 is 24.8 Å². The molecule has 0 fully saturated rings. The fourth-order valence-electron chi connectivity index (χ4n) is 3.63. The van der Waals surface area contributed by atoms with E-state index in [-0.39, 0.29) is 51.0 Å². The third kappa shape index (κ3) is 8.80. The van der Waals surface area contributed by atoms with E-state index in [1.54, 1.807) is 0 Å². The average molecular weight is 560 g/mol. The smallest absolute Gasteiger partial charge is 1.00 e. The second kappa shape index (κ2) is 16.3. The van der Waals surface area contributed by atoms with Crippen LogP contribution in [0.3, 0.4) is 0 Å². The molecule has 4 aromatic rings. The van der Waals surface area contributed by atoms with Gasteiger partial charge in [-0.1, -0.05) is 71.8 Å². The van der Waals surface area contributed by atoms with Crippen LogP contribution in [0.2, 0.25) is 0 Å². The van der Waals surface area contributed by atoms with E-state index >= 15 is 0 Å². The van der Waals surface area contributed by atoms with Gasteiger partial charge in [0.05, 0.1) is 0 Å². The van der Waals surface area contributed by atoms with Crippen LogP contribution in [-0.2, 0) is 32.6 Å². The molecule has 0 heterocycles. The van der Waals surface area contributed by atoms with Crippen LogP contribution >= 0.6 is 0 Å². The fraction of sp³-hybridized carbons (Fsp3) is 0.0645. The van der Waals surface area contributed by atoms with Crippen LogP contribution in [0.1, 0.15) is 28.7 Å². The van der Waals surface area contributed by atoms with Crippen molar-refractivity contribution in [2.24, 2.45) is 0 Å². The molecule has 4 aromatic carbocycles. The van der Waals surface area contributed by atoms with E-state index in [9.17, 15) is 0 Å². The second-order valence-electron chi connectivity index (χ2n) is 7.37. The van der Waals surface area contributed by atoms with Crippen molar-refractivity contribution in [2.75, 3.05) is 0 Å². The summed E-state index contributed by atoms with van der Waals surface area (Å²) in [6.07, 6.45) is 13.2. The molecule has 2 aliphatic rings. The van der Waals surface area contributed by atoms with Gasteiger partial charge in [0, 0.05) is 0 Å². The first-order chi connectivity index (χ1) is 15.4. The normalized spacial score (nSPS) is 10.9. The molecule has 6 rings (SSSR count). The summed E-state index contributed by atoms with van der Waals surface area (Å²) in [7, 11) is 0. The van der Waals surface area contributed by atoms with Gasteiger partial charge < -0.3 is 24.8 Å². The van der Waals surface area contributed by atoms with Crippen molar-refractivity contribution in [3.63, 3.8) is 0 Å². The molecule has 0 atom stereocenters. The van der Waals surface area contributed by atoms with Gasteiger partial charge in [0.2, 0.25) is 0 Å². The summed E-state index contributed by atoms with van der Waals surface area (Å²) >= 11 is 0. The van der Waals surface area contributed by atoms with Gasteiger partial charge >= 0.3 is 26.2 Å². The first kappa shape index (κ1) is 29.7. The summed E-state index contributed by atoms with van der Waals surface area (Å²) in [5.41, 5.74) is 8.00. The van der Waals surface area contributed by atoms with Crippen LogP contribution in [0.5, 0.6) is 0 Å². The molecule has 0 radical (unpaired) electrons. The number of hydrogen-bond donors (Lipinski definition) is 0. The van der Waals surface area contributed by atoms with Crippen molar-refractivity contribution in [3.05, 3.63) is 162 Å². The Labute approximate surface area is 235 Å². The molecule has 0 aromatic heterocycles. The zero-order valence-electron chi connectivity index (χ0n) is 18.8. The monoisotopic (exact) mass is 557 g/mol. The Hall–Kier alpha value is -2.31. The van der Waals surface area contributed by atoms with E-state index in [1.807, 2.05) is 30.4 Å². The van der Waals surface area contributed by atoms with Crippen LogP contribution in [0.15, 0.2) is 121 Å². The van der Waals surface area contributed by atoms with Gasteiger partial charge in [-0.3, -0.25) is 6.08 Å². The Bertz CT molecular complexity index is 1060. The number of halogens is 2. The van der Waals surface area contributed by atoms with Crippen molar-refractivity contribution < 1.29 is 51.0 Å². The molecule has 0 aliphatic heterocycles. The van der Waals surface area contributed by atoms with E-state index in [0.29, 0.717) is 0 Å². The maximum atomic E-state index is 3.30. The maximum Gasteiger partial charge on any atom is 2.00 e. The summed E-state index contributed by atoms with van der Waals surface area (Å²) in [6, 6.07) is 38.8. The molecule has 0 saturated heterocycles. The molecular formula is C31H25Cl2Zr-3. The molecule has 0 nitrogen and oxygen atoms in total. The number of hydrogen-bond acceptors (Lipinski definition) is 0. The van der Waals surface area contributed by atoms with E-state index in [0.717, 1.165) is 12.8 Å². The SMILES string of the molecule is [C-]1=CC=CC1.[Cl-].[Cl-].[Zr+2].[c-]1cccc2c1Cc1ccccc1-2.c1ccc([CH-]c2ccccc2)cc1. The fourth-order valence-corrected chi connectivity index (χ4v) is 3.63. The van der Waals surface area contributed by atoms with Crippen molar-refractivity contribution >= 4 is 0 Å². The van der Waals surface area contributed by atoms with E-state index in [2.05, 4.69) is 110 Å². The van der Waals surface area contributed by atoms with E-state index < -0.39 is 0 Å².